The van der Waals surface area contributed by atoms with Crippen LogP contribution in [-0.2, 0) is 4.79 Å². The van der Waals surface area contributed by atoms with Gasteiger partial charge in [0.25, 0.3) is 0 Å². The molecule has 3 heterocycles. The molecule has 1 N–H and O–H groups in total. The summed E-state index contributed by atoms with van der Waals surface area (Å²) >= 11 is 7.41. The average molecular weight is 417 g/mol. The Morgan fingerprint density at radius 2 is 2.14 bits per heavy atom. The van der Waals surface area contributed by atoms with Crippen molar-refractivity contribution in [3.63, 3.8) is 0 Å². The van der Waals surface area contributed by atoms with Gasteiger partial charge in [0.05, 0.1) is 15.8 Å². The van der Waals surface area contributed by atoms with Crippen LogP contribution in [0.15, 0.2) is 47.8 Å². The normalized spacial score (nSPS) is 16.8. The lowest BCUT2D eigenvalue weighted by molar-refractivity contribution is -0.120. The van der Waals surface area contributed by atoms with Crippen LogP contribution in [0.2, 0.25) is 5.02 Å². The number of amides is 1. The minimum absolute atomic E-state index is 0.0100. The van der Waals surface area contributed by atoms with Crippen molar-refractivity contribution in [2.24, 2.45) is 5.92 Å². The zero-order chi connectivity index (χ0) is 19.5. The Balaban J connectivity index is 1.42. The molecule has 1 aromatic carbocycles. The summed E-state index contributed by atoms with van der Waals surface area (Å²) in [5.41, 5.74) is 1.34. The maximum absolute atomic E-state index is 13.3. The molecule has 1 fully saturated rings. The molecule has 1 aliphatic heterocycles. The van der Waals surface area contributed by atoms with E-state index >= 15 is 0 Å². The lowest BCUT2D eigenvalue weighted by atomic mass is 9.97. The van der Waals surface area contributed by atoms with Crippen molar-refractivity contribution in [3.05, 3.63) is 58.7 Å². The number of hydrogen-bond acceptors (Lipinski definition) is 5. The quantitative estimate of drug-likeness (QED) is 0.660. The van der Waals surface area contributed by atoms with Gasteiger partial charge in [-0.25, -0.2) is 4.39 Å². The Bertz CT molecular complexity index is 965. The van der Waals surface area contributed by atoms with Crippen LogP contribution in [0.3, 0.4) is 0 Å². The van der Waals surface area contributed by atoms with Crippen LogP contribution in [0.5, 0.6) is 0 Å². The third-order valence-electron chi connectivity index (χ3n) is 4.73. The summed E-state index contributed by atoms with van der Waals surface area (Å²) in [5, 5.41) is 13.5. The first-order valence-electron chi connectivity index (χ1n) is 8.98. The second kappa shape index (κ2) is 8.24. The molecular weight excluding hydrogens is 399 g/mol. The average Bonchev–Trinajstić information content (AvgIpc) is 3.26. The van der Waals surface area contributed by atoms with Crippen LogP contribution < -0.4 is 10.2 Å². The lowest BCUT2D eigenvalue weighted by Gasteiger charge is -2.32. The van der Waals surface area contributed by atoms with Gasteiger partial charge in [0, 0.05) is 18.8 Å². The van der Waals surface area contributed by atoms with Gasteiger partial charge in [0.2, 0.25) is 5.91 Å². The van der Waals surface area contributed by atoms with E-state index in [1.54, 1.807) is 11.3 Å². The van der Waals surface area contributed by atoms with Crippen LogP contribution in [0.25, 0.3) is 10.6 Å². The van der Waals surface area contributed by atoms with E-state index in [1.807, 2.05) is 29.6 Å². The molecule has 28 heavy (non-hydrogen) atoms. The predicted octanol–water partition coefficient (Wildman–Crippen LogP) is 4.85. The molecule has 4 rings (SSSR count). The van der Waals surface area contributed by atoms with Gasteiger partial charge < -0.3 is 10.2 Å². The first kappa shape index (κ1) is 18.8. The number of carbonyl (C=O) groups is 1. The number of piperidine rings is 1. The van der Waals surface area contributed by atoms with Gasteiger partial charge in [-0.05, 0) is 54.6 Å². The smallest absolute Gasteiger partial charge is 0.229 e. The summed E-state index contributed by atoms with van der Waals surface area (Å²) in [7, 11) is 0. The Labute approximate surface area is 171 Å². The van der Waals surface area contributed by atoms with Crippen LogP contribution in [0.1, 0.15) is 12.8 Å². The van der Waals surface area contributed by atoms with Gasteiger partial charge in [0.1, 0.15) is 11.5 Å². The van der Waals surface area contributed by atoms with Crippen molar-refractivity contribution >= 4 is 40.4 Å². The van der Waals surface area contributed by atoms with Crippen molar-refractivity contribution < 1.29 is 9.18 Å². The van der Waals surface area contributed by atoms with E-state index in [2.05, 4.69) is 20.4 Å². The third-order valence-corrected chi connectivity index (χ3v) is 5.91. The SMILES string of the molecule is O=C(Nc1ccc(F)c(Cl)c1)C1CCCN(c2ccc(-c3cccs3)nn2)C1. The number of rotatable bonds is 4. The highest BCUT2D eigenvalue weighted by atomic mass is 35.5. The fraction of sp³-hybridized carbons (Fsp3) is 0.250. The van der Waals surface area contributed by atoms with Crippen molar-refractivity contribution in [2.75, 3.05) is 23.3 Å². The van der Waals surface area contributed by atoms with Gasteiger partial charge in [-0.15, -0.1) is 21.5 Å². The molecule has 0 saturated carbocycles. The molecule has 5 nitrogen and oxygen atoms in total. The molecule has 1 saturated heterocycles. The first-order valence-corrected chi connectivity index (χ1v) is 10.2. The minimum Gasteiger partial charge on any atom is -0.354 e. The molecule has 0 aliphatic carbocycles. The Morgan fingerprint density at radius 1 is 1.25 bits per heavy atom. The van der Waals surface area contributed by atoms with Gasteiger partial charge in [0.15, 0.2) is 5.82 Å². The number of thiophene rings is 1. The highest BCUT2D eigenvalue weighted by Crippen LogP contribution is 2.26. The molecule has 0 bridgehead atoms. The maximum Gasteiger partial charge on any atom is 0.229 e. The van der Waals surface area contributed by atoms with E-state index in [0.29, 0.717) is 12.2 Å². The summed E-state index contributed by atoms with van der Waals surface area (Å²) in [6.45, 7) is 1.40. The first-order chi connectivity index (χ1) is 13.6. The molecule has 8 heteroatoms. The topological polar surface area (TPSA) is 58.1 Å². The van der Waals surface area contributed by atoms with E-state index in [4.69, 9.17) is 11.6 Å². The van der Waals surface area contributed by atoms with Crippen molar-refractivity contribution in [1.29, 1.82) is 0 Å². The second-order valence-electron chi connectivity index (χ2n) is 6.66. The zero-order valence-electron chi connectivity index (χ0n) is 14.9. The van der Waals surface area contributed by atoms with Crippen LogP contribution >= 0.6 is 22.9 Å². The number of aromatic nitrogens is 2. The summed E-state index contributed by atoms with van der Waals surface area (Å²) < 4.78 is 13.3. The van der Waals surface area contributed by atoms with Gasteiger partial charge in [-0.1, -0.05) is 17.7 Å². The van der Waals surface area contributed by atoms with E-state index < -0.39 is 5.82 Å². The number of hydrogen-bond donors (Lipinski definition) is 1. The Hall–Kier alpha value is -2.51. The van der Waals surface area contributed by atoms with E-state index in [1.165, 1.54) is 18.2 Å². The van der Waals surface area contributed by atoms with Crippen LogP contribution in [0.4, 0.5) is 15.9 Å². The molecule has 1 atom stereocenters. The molecular formula is C20H18ClFN4OS. The summed E-state index contributed by atoms with van der Waals surface area (Å²) in [6.07, 6.45) is 1.68. The Morgan fingerprint density at radius 3 is 2.86 bits per heavy atom. The second-order valence-corrected chi connectivity index (χ2v) is 8.01. The predicted molar refractivity (Wildman–Crippen MR) is 110 cm³/mol. The third kappa shape index (κ3) is 4.15. The lowest BCUT2D eigenvalue weighted by Crippen LogP contribution is -2.41. The van der Waals surface area contributed by atoms with Gasteiger partial charge >= 0.3 is 0 Å². The zero-order valence-corrected chi connectivity index (χ0v) is 16.5. The molecule has 1 amide bonds. The van der Waals surface area contributed by atoms with Gasteiger partial charge in [-0.2, -0.15) is 0 Å². The molecule has 0 radical (unpaired) electrons. The number of halogens is 2. The molecule has 2 aromatic heterocycles. The highest BCUT2D eigenvalue weighted by molar-refractivity contribution is 7.13. The summed E-state index contributed by atoms with van der Waals surface area (Å²) in [5.74, 6) is -0.0254. The van der Waals surface area contributed by atoms with Crippen molar-refractivity contribution in [3.8, 4) is 10.6 Å². The monoisotopic (exact) mass is 416 g/mol. The number of nitrogens with zero attached hydrogens (tertiary/aromatic N) is 3. The molecule has 0 spiro atoms. The maximum atomic E-state index is 13.3. The van der Waals surface area contributed by atoms with E-state index in [9.17, 15) is 9.18 Å². The van der Waals surface area contributed by atoms with Crippen molar-refractivity contribution in [2.45, 2.75) is 12.8 Å². The highest BCUT2D eigenvalue weighted by Gasteiger charge is 2.27. The number of benzene rings is 1. The number of anilines is 2. The fourth-order valence-corrected chi connectivity index (χ4v) is 4.14. The molecule has 1 aliphatic rings. The fourth-order valence-electron chi connectivity index (χ4n) is 3.27. The number of nitrogens with one attached hydrogen (secondary N) is 1. The van der Waals surface area contributed by atoms with E-state index in [0.717, 1.165) is 35.8 Å². The van der Waals surface area contributed by atoms with Crippen LogP contribution in [-0.4, -0.2) is 29.2 Å². The van der Waals surface area contributed by atoms with Gasteiger partial charge in [-0.3, -0.25) is 4.79 Å². The van der Waals surface area contributed by atoms with Crippen LogP contribution in [0, 0.1) is 11.7 Å². The molecule has 144 valence electrons. The minimum atomic E-state index is -0.506. The van der Waals surface area contributed by atoms with Crippen molar-refractivity contribution in [1.82, 2.24) is 10.2 Å². The molecule has 3 aromatic rings. The largest absolute Gasteiger partial charge is 0.354 e. The van der Waals surface area contributed by atoms with E-state index in [-0.39, 0.29) is 16.8 Å². The Kier molecular flexibility index (Phi) is 5.54. The summed E-state index contributed by atoms with van der Waals surface area (Å²) in [6, 6.07) is 12.1. The standard InChI is InChI=1S/C20H18ClFN4OS/c21-15-11-14(5-6-16(15)22)23-20(27)13-3-1-9-26(12-13)19-8-7-17(24-25-19)18-4-2-10-28-18/h2,4-8,10-11,13H,1,3,9,12H2,(H,23,27). The number of carbonyl (C=O) groups excluding carboxylic acids is 1. The summed E-state index contributed by atoms with van der Waals surface area (Å²) in [4.78, 5) is 15.8. The molecule has 1 unspecified atom stereocenters.